The van der Waals surface area contributed by atoms with E-state index in [-0.39, 0.29) is 17.6 Å². The summed E-state index contributed by atoms with van der Waals surface area (Å²) in [6.07, 6.45) is 3.57. The fraction of sp³-hybridized carbons (Fsp3) is 0.381. The zero-order valence-corrected chi connectivity index (χ0v) is 17.2. The molecular formula is C21H26N4O2S. The number of hydrogen-bond acceptors (Lipinski definition) is 5. The summed E-state index contributed by atoms with van der Waals surface area (Å²) in [5, 5.41) is 2.92. The number of pyridine rings is 1. The summed E-state index contributed by atoms with van der Waals surface area (Å²) in [5.41, 5.74) is 4.18. The average Bonchev–Trinajstić information content (AvgIpc) is 2.71. The monoisotopic (exact) mass is 398 g/mol. The van der Waals surface area contributed by atoms with E-state index in [2.05, 4.69) is 15.2 Å². The molecule has 0 saturated carbocycles. The van der Waals surface area contributed by atoms with Gasteiger partial charge in [-0.25, -0.2) is 0 Å². The second-order valence-corrected chi connectivity index (χ2v) is 7.92. The average molecular weight is 399 g/mol. The van der Waals surface area contributed by atoms with Crippen molar-refractivity contribution in [3.05, 3.63) is 53.9 Å². The van der Waals surface area contributed by atoms with Gasteiger partial charge in [-0.3, -0.25) is 14.6 Å². The molecule has 0 unspecified atom stereocenters. The Morgan fingerprint density at radius 3 is 2.43 bits per heavy atom. The first kappa shape index (κ1) is 20.2. The number of amides is 2. The zero-order valence-electron chi connectivity index (χ0n) is 16.4. The highest BCUT2D eigenvalue weighted by Gasteiger charge is 2.21. The minimum Gasteiger partial charge on any atom is -0.368 e. The number of hydrogen-bond donors (Lipinski definition) is 1. The maximum absolute atomic E-state index is 12.4. The van der Waals surface area contributed by atoms with Crippen LogP contribution in [0.15, 0.2) is 42.7 Å². The fourth-order valence-corrected chi connectivity index (χ4v) is 3.95. The van der Waals surface area contributed by atoms with Gasteiger partial charge in [0.2, 0.25) is 11.8 Å². The molecule has 6 nitrogen and oxygen atoms in total. The second-order valence-electron chi connectivity index (χ2n) is 6.93. The summed E-state index contributed by atoms with van der Waals surface area (Å²) in [4.78, 5) is 32.7. The molecule has 0 radical (unpaired) electrons. The van der Waals surface area contributed by atoms with E-state index in [9.17, 15) is 9.59 Å². The smallest absolute Gasteiger partial charge is 0.234 e. The SMILES string of the molecule is Cc1ccc(NC(=O)CSCC(=O)N2CCN(c3ccncc3)CC2)c(C)c1. The van der Waals surface area contributed by atoms with Crippen LogP contribution in [0.4, 0.5) is 11.4 Å². The van der Waals surface area contributed by atoms with Crippen molar-refractivity contribution in [2.45, 2.75) is 13.8 Å². The van der Waals surface area contributed by atoms with Gasteiger partial charge in [0, 0.05) is 49.9 Å². The van der Waals surface area contributed by atoms with Crippen molar-refractivity contribution in [3.63, 3.8) is 0 Å². The molecule has 28 heavy (non-hydrogen) atoms. The molecule has 1 fully saturated rings. The molecule has 2 amide bonds. The van der Waals surface area contributed by atoms with Crippen LogP contribution in [0.3, 0.4) is 0 Å². The third-order valence-corrected chi connectivity index (χ3v) is 5.69. The van der Waals surface area contributed by atoms with Gasteiger partial charge in [0.1, 0.15) is 0 Å². The summed E-state index contributed by atoms with van der Waals surface area (Å²) >= 11 is 1.36. The number of carbonyl (C=O) groups is 2. The number of nitrogens with zero attached hydrogens (tertiary/aromatic N) is 3. The van der Waals surface area contributed by atoms with E-state index < -0.39 is 0 Å². The lowest BCUT2D eigenvalue weighted by Gasteiger charge is -2.36. The van der Waals surface area contributed by atoms with Crippen LogP contribution in [-0.2, 0) is 9.59 Å². The molecule has 0 bridgehead atoms. The first-order valence-corrected chi connectivity index (χ1v) is 10.6. The molecule has 2 aromatic rings. The Morgan fingerprint density at radius 2 is 1.75 bits per heavy atom. The molecule has 1 aromatic carbocycles. The zero-order chi connectivity index (χ0) is 19.9. The summed E-state index contributed by atoms with van der Waals surface area (Å²) < 4.78 is 0. The van der Waals surface area contributed by atoms with Crippen LogP contribution in [0.1, 0.15) is 11.1 Å². The Labute approximate surface area is 170 Å². The van der Waals surface area contributed by atoms with Crippen LogP contribution in [0, 0.1) is 13.8 Å². The highest BCUT2D eigenvalue weighted by molar-refractivity contribution is 8.00. The third kappa shape index (κ3) is 5.48. The molecule has 1 N–H and O–H groups in total. The Morgan fingerprint density at radius 1 is 1.04 bits per heavy atom. The van der Waals surface area contributed by atoms with E-state index >= 15 is 0 Å². The lowest BCUT2D eigenvalue weighted by atomic mass is 10.1. The number of benzene rings is 1. The van der Waals surface area contributed by atoms with E-state index in [0.717, 1.165) is 30.0 Å². The summed E-state index contributed by atoms with van der Waals surface area (Å²) in [7, 11) is 0. The number of aromatic nitrogens is 1. The van der Waals surface area contributed by atoms with Crippen molar-refractivity contribution in [2.24, 2.45) is 0 Å². The standard InChI is InChI=1S/C21H26N4O2S/c1-16-3-4-19(17(2)13-16)23-20(26)14-28-15-21(27)25-11-9-24(10-12-25)18-5-7-22-8-6-18/h3-8,13H,9-12,14-15H2,1-2H3,(H,23,26). The fourth-order valence-electron chi connectivity index (χ4n) is 3.23. The lowest BCUT2D eigenvalue weighted by molar-refractivity contribution is -0.128. The van der Waals surface area contributed by atoms with Gasteiger partial charge in [0.05, 0.1) is 11.5 Å². The van der Waals surface area contributed by atoms with Crippen LogP contribution in [-0.4, -0.2) is 59.4 Å². The van der Waals surface area contributed by atoms with Gasteiger partial charge in [0.25, 0.3) is 0 Å². The van der Waals surface area contributed by atoms with E-state index in [1.165, 1.54) is 17.3 Å². The highest BCUT2D eigenvalue weighted by Crippen LogP contribution is 2.17. The van der Waals surface area contributed by atoms with Crippen molar-refractivity contribution in [3.8, 4) is 0 Å². The van der Waals surface area contributed by atoms with Crippen molar-refractivity contribution >= 4 is 35.0 Å². The second kappa shape index (κ2) is 9.59. The molecule has 1 aromatic heterocycles. The number of piperazine rings is 1. The van der Waals surface area contributed by atoms with Crippen LogP contribution in [0.5, 0.6) is 0 Å². The van der Waals surface area contributed by atoms with Crippen molar-refractivity contribution in [1.29, 1.82) is 0 Å². The topological polar surface area (TPSA) is 65.5 Å². The first-order valence-electron chi connectivity index (χ1n) is 9.40. The van der Waals surface area contributed by atoms with Crippen molar-refractivity contribution in [2.75, 3.05) is 47.9 Å². The molecule has 148 valence electrons. The number of carbonyl (C=O) groups excluding carboxylic acids is 2. The minimum atomic E-state index is -0.0766. The van der Waals surface area contributed by atoms with Gasteiger partial charge in [-0.15, -0.1) is 11.8 Å². The lowest BCUT2D eigenvalue weighted by Crippen LogP contribution is -2.49. The van der Waals surface area contributed by atoms with E-state index in [0.29, 0.717) is 18.8 Å². The number of rotatable bonds is 6. The van der Waals surface area contributed by atoms with Crippen LogP contribution in [0.2, 0.25) is 0 Å². The van der Waals surface area contributed by atoms with Gasteiger partial charge in [-0.05, 0) is 37.6 Å². The van der Waals surface area contributed by atoms with Crippen molar-refractivity contribution in [1.82, 2.24) is 9.88 Å². The maximum atomic E-state index is 12.4. The Bertz CT molecular complexity index is 820. The van der Waals surface area contributed by atoms with Gasteiger partial charge >= 0.3 is 0 Å². The summed E-state index contributed by atoms with van der Waals surface area (Å²) in [6, 6.07) is 9.91. The molecule has 0 spiro atoms. The largest absolute Gasteiger partial charge is 0.368 e. The molecule has 1 aliphatic heterocycles. The predicted molar refractivity (Wildman–Crippen MR) is 115 cm³/mol. The van der Waals surface area contributed by atoms with Gasteiger partial charge in [0.15, 0.2) is 0 Å². The Hall–Kier alpha value is -2.54. The number of anilines is 2. The third-order valence-electron chi connectivity index (χ3n) is 4.77. The summed E-state index contributed by atoms with van der Waals surface area (Å²) in [5.74, 6) is 0.622. The molecular weight excluding hydrogens is 372 g/mol. The molecule has 2 heterocycles. The molecule has 1 aliphatic rings. The molecule has 3 rings (SSSR count). The van der Waals surface area contributed by atoms with E-state index in [1.807, 2.05) is 49.1 Å². The molecule has 7 heteroatoms. The number of nitrogens with one attached hydrogen (secondary N) is 1. The molecule has 1 saturated heterocycles. The van der Waals surface area contributed by atoms with Crippen LogP contribution in [0.25, 0.3) is 0 Å². The normalized spacial score (nSPS) is 14.1. The van der Waals surface area contributed by atoms with Gasteiger partial charge in [-0.1, -0.05) is 17.7 Å². The Kier molecular flexibility index (Phi) is 6.92. The van der Waals surface area contributed by atoms with Gasteiger partial charge < -0.3 is 15.1 Å². The number of thioether (sulfide) groups is 1. The minimum absolute atomic E-state index is 0.0766. The van der Waals surface area contributed by atoms with E-state index in [1.54, 1.807) is 12.4 Å². The molecule has 0 aliphatic carbocycles. The maximum Gasteiger partial charge on any atom is 0.234 e. The first-order chi connectivity index (χ1) is 13.5. The highest BCUT2D eigenvalue weighted by atomic mass is 32.2. The van der Waals surface area contributed by atoms with E-state index in [4.69, 9.17) is 0 Å². The summed E-state index contributed by atoms with van der Waals surface area (Å²) in [6.45, 7) is 7.04. The van der Waals surface area contributed by atoms with Crippen LogP contribution >= 0.6 is 11.8 Å². The quantitative estimate of drug-likeness (QED) is 0.811. The van der Waals surface area contributed by atoms with Crippen LogP contribution < -0.4 is 10.2 Å². The molecule has 0 atom stereocenters. The van der Waals surface area contributed by atoms with Gasteiger partial charge in [-0.2, -0.15) is 0 Å². The number of aryl methyl sites for hydroxylation is 2. The Balaban J connectivity index is 1.38. The van der Waals surface area contributed by atoms with Crippen molar-refractivity contribution < 1.29 is 9.59 Å². The predicted octanol–water partition coefficient (Wildman–Crippen LogP) is 2.72.